The lowest BCUT2D eigenvalue weighted by atomic mass is 9.83. The Morgan fingerprint density at radius 2 is 2.36 bits per heavy atom. The third-order valence-electron chi connectivity index (χ3n) is 3.99. The van der Waals surface area contributed by atoms with E-state index in [4.69, 9.17) is 10.6 Å². The van der Waals surface area contributed by atoms with E-state index in [0.29, 0.717) is 18.9 Å². The Morgan fingerprint density at radius 1 is 1.60 bits per heavy atom. The number of aliphatic hydroxyl groups excluding tert-OH is 1. The minimum absolute atomic E-state index is 0.0570. The number of nitrogens with zero attached hydrogens (tertiary/aromatic N) is 2. The molecule has 1 aliphatic carbocycles. The van der Waals surface area contributed by atoms with Gasteiger partial charge in [0.15, 0.2) is 17.3 Å². The summed E-state index contributed by atoms with van der Waals surface area (Å²) >= 11 is 6.30. The summed E-state index contributed by atoms with van der Waals surface area (Å²) in [6.07, 6.45) is 2.47. The predicted molar refractivity (Wildman–Crippen MR) is 96.3 cm³/mol. The number of anilines is 1. The van der Waals surface area contributed by atoms with Gasteiger partial charge in [0.05, 0.1) is 10.7 Å². The highest BCUT2D eigenvalue weighted by Crippen LogP contribution is 2.39. The first-order chi connectivity index (χ1) is 11.8. The smallest absolute Gasteiger partial charge is 0.269 e. The number of ketones is 1. The number of alkyl halides is 1. The highest BCUT2D eigenvalue weighted by molar-refractivity contribution is 9.12. The lowest BCUT2D eigenvalue weighted by Gasteiger charge is -2.34. The molecule has 3 atom stereocenters. The lowest BCUT2D eigenvalue weighted by molar-refractivity contribution is -0.124. The van der Waals surface area contributed by atoms with Gasteiger partial charge in [0, 0.05) is 25.1 Å². The van der Waals surface area contributed by atoms with Gasteiger partial charge in [-0.2, -0.15) is 0 Å². The molecule has 3 rings (SSSR count). The maximum Gasteiger partial charge on any atom is 0.269 e. The Bertz CT molecular complexity index is 777. The standard InChI is InChI=1S/C14H15Br2N5O4/c15-7-3-14(11(23)9(16)10(7)22)4-8(21-25-14)12(24)18-2-1-6-5-19-13(17)20-6/h3,5,9,11,23H,1-2,4H2,(H,18,24)(H3,17,19,20)/t9-,11+,14-/m1/s1. The van der Waals surface area contributed by atoms with Crippen molar-refractivity contribution in [3.63, 3.8) is 0 Å². The number of amides is 1. The van der Waals surface area contributed by atoms with Crippen molar-refractivity contribution >= 4 is 55.2 Å². The van der Waals surface area contributed by atoms with E-state index in [0.717, 1.165) is 5.69 Å². The minimum atomic E-state index is -1.24. The Morgan fingerprint density at radius 3 is 3.04 bits per heavy atom. The molecule has 134 valence electrons. The van der Waals surface area contributed by atoms with E-state index in [2.05, 4.69) is 52.3 Å². The van der Waals surface area contributed by atoms with Crippen molar-refractivity contribution in [3.05, 3.63) is 22.4 Å². The second-order valence-corrected chi connectivity index (χ2v) is 7.60. The van der Waals surface area contributed by atoms with Crippen molar-refractivity contribution in [2.75, 3.05) is 12.3 Å². The van der Waals surface area contributed by atoms with Gasteiger partial charge in [-0.05, 0) is 22.0 Å². The fourth-order valence-electron chi connectivity index (χ4n) is 2.63. The number of rotatable bonds is 4. The summed E-state index contributed by atoms with van der Waals surface area (Å²) in [7, 11) is 0. The van der Waals surface area contributed by atoms with E-state index in [1.54, 1.807) is 6.20 Å². The number of carbonyl (C=O) groups is 2. The maximum absolute atomic E-state index is 12.2. The number of imidazole rings is 1. The number of nitrogens with one attached hydrogen (secondary N) is 2. The van der Waals surface area contributed by atoms with Gasteiger partial charge in [0.25, 0.3) is 5.91 Å². The minimum Gasteiger partial charge on any atom is -0.387 e. The number of aromatic amines is 1. The highest BCUT2D eigenvalue weighted by Gasteiger charge is 2.53. The Hall–Kier alpha value is -1.72. The number of aliphatic hydroxyl groups is 1. The molecule has 2 aliphatic rings. The van der Waals surface area contributed by atoms with Crippen LogP contribution in [0, 0.1) is 0 Å². The summed E-state index contributed by atoms with van der Waals surface area (Å²) in [4.78, 5) is 35.3. The van der Waals surface area contributed by atoms with Crippen LogP contribution in [0.5, 0.6) is 0 Å². The summed E-state index contributed by atoms with van der Waals surface area (Å²) < 4.78 is 0.272. The fourth-order valence-corrected chi connectivity index (χ4v) is 4.27. The number of Topliss-reactive ketones (excluding diaryl/α,β-unsaturated/α-hetero) is 1. The van der Waals surface area contributed by atoms with Gasteiger partial charge in [0.2, 0.25) is 0 Å². The molecular formula is C14H15Br2N5O4. The number of oxime groups is 1. The van der Waals surface area contributed by atoms with Gasteiger partial charge in [0.1, 0.15) is 16.6 Å². The Labute approximate surface area is 159 Å². The van der Waals surface area contributed by atoms with Crippen LogP contribution in [0.3, 0.4) is 0 Å². The van der Waals surface area contributed by atoms with Crippen molar-refractivity contribution in [3.8, 4) is 0 Å². The molecule has 0 aromatic carbocycles. The number of hydrogen-bond donors (Lipinski definition) is 4. The molecule has 1 amide bonds. The third kappa shape index (κ3) is 3.48. The van der Waals surface area contributed by atoms with Crippen molar-refractivity contribution in [1.29, 1.82) is 0 Å². The van der Waals surface area contributed by atoms with Gasteiger partial charge in [-0.15, -0.1) is 0 Å². The fraction of sp³-hybridized carbons (Fsp3) is 0.429. The number of carbonyl (C=O) groups excluding carboxylic acids is 2. The summed E-state index contributed by atoms with van der Waals surface area (Å²) in [6.45, 7) is 0.355. The molecule has 2 heterocycles. The number of aromatic nitrogens is 2. The predicted octanol–water partition coefficient (Wildman–Crippen LogP) is 0.152. The highest BCUT2D eigenvalue weighted by atomic mass is 79.9. The molecular weight excluding hydrogens is 462 g/mol. The largest absolute Gasteiger partial charge is 0.387 e. The summed E-state index contributed by atoms with van der Waals surface area (Å²) in [6, 6.07) is 0. The van der Waals surface area contributed by atoms with Crippen molar-refractivity contribution in [1.82, 2.24) is 15.3 Å². The first kappa shape index (κ1) is 18.1. The average molecular weight is 477 g/mol. The van der Waals surface area contributed by atoms with Crippen molar-refractivity contribution in [2.24, 2.45) is 5.16 Å². The van der Waals surface area contributed by atoms with Gasteiger partial charge in [-0.3, -0.25) is 9.59 Å². The van der Waals surface area contributed by atoms with Gasteiger partial charge < -0.3 is 26.0 Å². The van der Waals surface area contributed by atoms with Gasteiger partial charge in [-0.1, -0.05) is 21.1 Å². The monoisotopic (exact) mass is 475 g/mol. The molecule has 1 aromatic heterocycles. The summed E-state index contributed by atoms with van der Waals surface area (Å²) in [5.41, 5.74) is 5.19. The first-order valence-electron chi connectivity index (χ1n) is 7.40. The van der Waals surface area contributed by atoms with Gasteiger partial charge in [-0.25, -0.2) is 4.98 Å². The zero-order chi connectivity index (χ0) is 18.2. The Kier molecular flexibility index (Phi) is 4.98. The molecule has 9 nitrogen and oxygen atoms in total. The molecule has 0 saturated heterocycles. The second kappa shape index (κ2) is 6.89. The van der Waals surface area contributed by atoms with Gasteiger partial charge >= 0.3 is 0 Å². The summed E-state index contributed by atoms with van der Waals surface area (Å²) in [5, 5.41) is 16.9. The zero-order valence-electron chi connectivity index (χ0n) is 12.8. The molecule has 0 unspecified atom stereocenters. The van der Waals surface area contributed by atoms with Crippen LogP contribution in [0.1, 0.15) is 12.1 Å². The van der Waals surface area contributed by atoms with Crippen LogP contribution in [0.2, 0.25) is 0 Å². The van der Waals surface area contributed by atoms with Crippen LogP contribution in [0.15, 0.2) is 21.9 Å². The topological polar surface area (TPSA) is 143 Å². The van der Waals surface area contributed by atoms with E-state index >= 15 is 0 Å². The van der Waals surface area contributed by atoms with Crippen LogP contribution in [0.4, 0.5) is 5.95 Å². The molecule has 25 heavy (non-hydrogen) atoms. The van der Waals surface area contributed by atoms with E-state index in [-0.39, 0.29) is 22.4 Å². The average Bonchev–Trinajstić information content (AvgIpc) is 3.18. The quantitative estimate of drug-likeness (QED) is 0.455. The second-order valence-electron chi connectivity index (χ2n) is 5.76. The Balaban J connectivity index is 1.60. The van der Waals surface area contributed by atoms with E-state index < -0.39 is 22.4 Å². The summed E-state index contributed by atoms with van der Waals surface area (Å²) in [5.74, 6) is -0.373. The SMILES string of the molecule is Nc1ncc(CCNC(=O)C2=NO[C@]3(C=C(Br)C(=O)[C@@H](Br)[C@@H]3O)C2)[nH]1. The van der Waals surface area contributed by atoms with E-state index in [1.807, 2.05) is 0 Å². The lowest BCUT2D eigenvalue weighted by Crippen LogP contribution is -2.52. The van der Waals surface area contributed by atoms with Crippen LogP contribution in [-0.4, -0.2) is 55.6 Å². The number of nitrogen functional groups attached to an aromatic ring is 1. The van der Waals surface area contributed by atoms with Crippen LogP contribution >= 0.6 is 31.9 Å². The first-order valence-corrected chi connectivity index (χ1v) is 9.10. The number of nitrogens with two attached hydrogens (primary N) is 1. The maximum atomic E-state index is 12.2. The molecule has 11 heteroatoms. The number of halogens is 2. The molecule has 0 bridgehead atoms. The van der Waals surface area contributed by atoms with Crippen LogP contribution < -0.4 is 11.1 Å². The number of allylic oxidation sites excluding steroid dienone is 1. The van der Waals surface area contributed by atoms with E-state index in [1.165, 1.54) is 6.08 Å². The molecule has 5 N–H and O–H groups in total. The molecule has 1 aromatic rings. The molecule has 1 aliphatic heterocycles. The van der Waals surface area contributed by atoms with Crippen LogP contribution in [0.25, 0.3) is 0 Å². The molecule has 1 spiro atoms. The molecule has 0 saturated carbocycles. The normalized spacial score (nSPS) is 28.5. The third-order valence-corrected chi connectivity index (χ3v) is 5.53. The van der Waals surface area contributed by atoms with Crippen molar-refractivity contribution in [2.45, 2.75) is 29.4 Å². The number of hydrogen-bond acceptors (Lipinski definition) is 7. The van der Waals surface area contributed by atoms with E-state index in [9.17, 15) is 14.7 Å². The van der Waals surface area contributed by atoms with Crippen molar-refractivity contribution < 1.29 is 19.5 Å². The molecule has 0 radical (unpaired) electrons. The molecule has 0 fully saturated rings. The van der Waals surface area contributed by atoms with Crippen LogP contribution in [-0.2, 0) is 20.8 Å². The number of H-pyrrole nitrogens is 1. The zero-order valence-corrected chi connectivity index (χ0v) is 16.0.